The van der Waals surface area contributed by atoms with Crippen LogP contribution in [0.3, 0.4) is 0 Å². The highest BCUT2D eigenvalue weighted by atomic mass is 35.5. The van der Waals surface area contributed by atoms with Gasteiger partial charge in [-0.2, -0.15) is 4.98 Å². The van der Waals surface area contributed by atoms with Crippen molar-refractivity contribution in [1.29, 1.82) is 0 Å². The molecule has 1 aliphatic rings. The monoisotopic (exact) mass is 325 g/mol. The molecule has 2 atom stereocenters. The van der Waals surface area contributed by atoms with Gasteiger partial charge in [0.05, 0.1) is 16.1 Å². The van der Waals surface area contributed by atoms with Gasteiger partial charge in [-0.05, 0) is 37.0 Å². The van der Waals surface area contributed by atoms with Gasteiger partial charge in [-0.25, -0.2) is 0 Å². The summed E-state index contributed by atoms with van der Waals surface area (Å²) in [7, 11) is 0. The summed E-state index contributed by atoms with van der Waals surface area (Å²) in [5, 5.41) is 5.14. The Morgan fingerprint density at radius 1 is 1.38 bits per heavy atom. The molecule has 112 valence electrons. The van der Waals surface area contributed by atoms with Gasteiger partial charge < -0.3 is 10.3 Å². The van der Waals surface area contributed by atoms with E-state index < -0.39 is 5.54 Å². The van der Waals surface area contributed by atoms with Crippen LogP contribution in [0.4, 0.5) is 0 Å². The van der Waals surface area contributed by atoms with Crippen LogP contribution in [0.2, 0.25) is 10.0 Å². The predicted molar refractivity (Wildman–Crippen MR) is 83.3 cm³/mol. The lowest BCUT2D eigenvalue weighted by molar-refractivity contribution is 0.222. The van der Waals surface area contributed by atoms with Crippen molar-refractivity contribution in [3.8, 4) is 11.5 Å². The number of hydrogen-bond donors (Lipinski definition) is 1. The number of aromatic nitrogens is 2. The van der Waals surface area contributed by atoms with Gasteiger partial charge in [0.25, 0.3) is 5.89 Å². The highest BCUT2D eigenvalue weighted by Gasteiger charge is 2.37. The largest absolute Gasteiger partial charge is 0.334 e. The van der Waals surface area contributed by atoms with E-state index in [0.29, 0.717) is 33.2 Å². The molecule has 0 saturated heterocycles. The molecule has 0 radical (unpaired) electrons. The first-order valence-corrected chi connectivity index (χ1v) is 7.82. The van der Waals surface area contributed by atoms with E-state index in [0.717, 1.165) is 19.3 Å². The number of nitrogens with zero attached hydrogens (tertiary/aromatic N) is 2. The van der Waals surface area contributed by atoms with Gasteiger partial charge in [0.15, 0.2) is 5.82 Å². The number of halogens is 2. The van der Waals surface area contributed by atoms with Crippen molar-refractivity contribution in [1.82, 2.24) is 10.1 Å². The molecule has 0 amide bonds. The molecule has 4 nitrogen and oxygen atoms in total. The van der Waals surface area contributed by atoms with Gasteiger partial charge in [-0.1, -0.05) is 48.1 Å². The summed E-state index contributed by atoms with van der Waals surface area (Å²) in [5.41, 5.74) is 6.66. The van der Waals surface area contributed by atoms with E-state index in [9.17, 15) is 0 Å². The van der Waals surface area contributed by atoms with Gasteiger partial charge in [-0.15, -0.1) is 0 Å². The molecule has 1 aromatic heterocycles. The average molecular weight is 326 g/mol. The maximum atomic E-state index is 6.49. The fraction of sp³-hybridized carbons (Fsp3) is 0.467. The predicted octanol–water partition coefficient (Wildman–Crippen LogP) is 4.41. The molecule has 2 unspecified atom stereocenters. The second kappa shape index (κ2) is 5.59. The Balaban J connectivity index is 1.92. The summed E-state index contributed by atoms with van der Waals surface area (Å²) in [6.45, 7) is 2.21. The van der Waals surface area contributed by atoms with Crippen LogP contribution in [0.1, 0.15) is 38.4 Å². The SMILES string of the molecule is CC1CCCC(N)(c2noc(-c3ccc(Cl)cc3Cl)n2)C1. The molecule has 2 N–H and O–H groups in total. The maximum absolute atomic E-state index is 6.49. The molecule has 1 fully saturated rings. The molecule has 6 heteroatoms. The molecule has 0 spiro atoms. The van der Waals surface area contributed by atoms with E-state index in [2.05, 4.69) is 17.1 Å². The lowest BCUT2D eigenvalue weighted by Crippen LogP contribution is -2.42. The van der Waals surface area contributed by atoms with Gasteiger partial charge in [0.2, 0.25) is 0 Å². The molecule has 1 aromatic carbocycles. The molecule has 1 heterocycles. The van der Waals surface area contributed by atoms with Gasteiger partial charge in [0.1, 0.15) is 0 Å². The minimum Gasteiger partial charge on any atom is -0.334 e. The number of hydrogen-bond acceptors (Lipinski definition) is 4. The Morgan fingerprint density at radius 2 is 2.19 bits per heavy atom. The molecule has 1 aliphatic carbocycles. The lowest BCUT2D eigenvalue weighted by Gasteiger charge is -2.33. The van der Waals surface area contributed by atoms with Crippen LogP contribution in [0.25, 0.3) is 11.5 Å². The molecule has 2 aromatic rings. The Kier molecular flexibility index (Phi) is 3.95. The van der Waals surface area contributed by atoms with Crippen LogP contribution in [-0.2, 0) is 5.54 Å². The topological polar surface area (TPSA) is 64.9 Å². The summed E-state index contributed by atoms with van der Waals surface area (Å²) in [6.07, 6.45) is 4.04. The Labute approximate surface area is 133 Å². The average Bonchev–Trinajstić information content (AvgIpc) is 2.88. The molecule has 1 saturated carbocycles. The second-order valence-electron chi connectivity index (χ2n) is 5.90. The number of rotatable bonds is 2. The third kappa shape index (κ3) is 2.93. The van der Waals surface area contributed by atoms with Gasteiger partial charge in [0, 0.05) is 5.02 Å². The minimum absolute atomic E-state index is 0.384. The Hall–Kier alpha value is -1.10. The molecule has 21 heavy (non-hydrogen) atoms. The van der Waals surface area contributed by atoms with Gasteiger partial charge >= 0.3 is 0 Å². The van der Waals surface area contributed by atoms with Crippen LogP contribution < -0.4 is 5.73 Å². The summed E-state index contributed by atoms with van der Waals surface area (Å²) in [4.78, 5) is 4.47. The zero-order chi connectivity index (χ0) is 15.0. The van der Waals surface area contributed by atoms with Crippen molar-refractivity contribution < 1.29 is 4.52 Å². The quantitative estimate of drug-likeness (QED) is 0.888. The van der Waals surface area contributed by atoms with Crippen LogP contribution >= 0.6 is 23.2 Å². The molecule has 3 rings (SSSR count). The maximum Gasteiger partial charge on any atom is 0.259 e. The summed E-state index contributed by atoms with van der Waals surface area (Å²) < 4.78 is 5.36. The van der Waals surface area contributed by atoms with Crippen molar-refractivity contribution in [2.24, 2.45) is 11.7 Å². The Bertz CT molecular complexity index is 658. The van der Waals surface area contributed by atoms with E-state index in [4.69, 9.17) is 33.5 Å². The summed E-state index contributed by atoms with van der Waals surface area (Å²) >= 11 is 12.1. The van der Waals surface area contributed by atoms with Crippen LogP contribution in [-0.4, -0.2) is 10.1 Å². The summed E-state index contributed by atoms with van der Waals surface area (Å²) in [6, 6.07) is 5.17. The highest BCUT2D eigenvalue weighted by Crippen LogP contribution is 2.37. The van der Waals surface area contributed by atoms with Crippen molar-refractivity contribution in [3.05, 3.63) is 34.1 Å². The first kappa shape index (κ1) is 14.8. The first-order chi connectivity index (χ1) is 9.98. The normalized spacial score (nSPS) is 26.0. The van der Waals surface area contributed by atoms with E-state index in [1.807, 2.05) is 0 Å². The third-order valence-corrected chi connectivity index (χ3v) is 4.61. The van der Waals surface area contributed by atoms with E-state index in [1.165, 1.54) is 6.42 Å². The van der Waals surface area contributed by atoms with E-state index >= 15 is 0 Å². The van der Waals surface area contributed by atoms with Crippen LogP contribution in [0.15, 0.2) is 22.7 Å². The summed E-state index contributed by atoms with van der Waals surface area (Å²) in [5.74, 6) is 1.52. The fourth-order valence-corrected chi connectivity index (χ4v) is 3.48. The van der Waals surface area contributed by atoms with Crippen molar-refractivity contribution in [3.63, 3.8) is 0 Å². The molecular weight excluding hydrogens is 309 g/mol. The van der Waals surface area contributed by atoms with Crippen LogP contribution in [0, 0.1) is 5.92 Å². The first-order valence-electron chi connectivity index (χ1n) is 7.06. The van der Waals surface area contributed by atoms with Crippen LogP contribution in [0.5, 0.6) is 0 Å². The van der Waals surface area contributed by atoms with Gasteiger partial charge in [-0.3, -0.25) is 0 Å². The third-order valence-electron chi connectivity index (χ3n) is 4.07. The molecule has 0 bridgehead atoms. The minimum atomic E-state index is -0.502. The second-order valence-corrected chi connectivity index (χ2v) is 6.75. The highest BCUT2D eigenvalue weighted by molar-refractivity contribution is 6.36. The Morgan fingerprint density at radius 3 is 2.90 bits per heavy atom. The van der Waals surface area contributed by atoms with Crippen molar-refractivity contribution in [2.75, 3.05) is 0 Å². The fourth-order valence-electron chi connectivity index (χ4n) is 2.99. The van der Waals surface area contributed by atoms with E-state index in [-0.39, 0.29) is 0 Å². The van der Waals surface area contributed by atoms with Crippen molar-refractivity contribution >= 4 is 23.2 Å². The zero-order valence-electron chi connectivity index (χ0n) is 11.8. The number of nitrogens with two attached hydrogens (primary N) is 1. The van der Waals surface area contributed by atoms with E-state index in [1.54, 1.807) is 18.2 Å². The molecule has 0 aliphatic heterocycles. The smallest absolute Gasteiger partial charge is 0.259 e. The standard InChI is InChI=1S/C15H17Cl2N3O/c1-9-3-2-6-15(18,8-9)14-19-13(21-20-14)11-5-4-10(16)7-12(11)17/h4-5,7,9H,2-3,6,8,18H2,1H3. The zero-order valence-corrected chi connectivity index (χ0v) is 13.3. The molecular formula is C15H17Cl2N3O. The lowest BCUT2D eigenvalue weighted by atomic mass is 9.76. The van der Waals surface area contributed by atoms with Crippen molar-refractivity contribution in [2.45, 2.75) is 38.1 Å². The number of benzene rings is 1.